The maximum Gasteiger partial charge on any atom is 0.247 e. The molecule has 3 heteroatoms. The van der Waals surface area contributed by atoms with Crippen LogP contribution in [0.5, 0.6) is 0 Å². The highest BCUT2D eigenvalue weighted by Gasteiger charge is 2.01. The first-order valence-electron chi connectivity index (χ1n) is 4.35. The van der Waals surface area contributed by atoms with Crippen molar-refractivity contribution in [3.8, 4) is 0 Å². The van der Waals surface area contributed by atoms with E-state index in [0.717, 1.165) is 24.8 Å². The number of nitrogens with one attached hydrogen (secondary N) is 1. The molecule has 0 aliphatic carbocycles. The number of allylic oxidation sites excluding steroid dienone is 1. The number of rotatable bonds is 5. The third-order valence-corrected chi connectivity index (χ3v) is 1.69. The van der Waals surface area contributed by atoms with Gasteiger partial charge in [-0.3, -0.25) is 10.0 Å². The molecule has 0 aliphatic rings. The van der Waals surface area contributed by atoms with Crippen molar-refractivity contribution in [3.05, 3.63) is 11.6 Å². The van der Waals surface area contributed by atoms with Crippen LogP contribution in [0.3, 0.4) is 0 Å². The summed E-state index contributed by atoms with van der Waals surface area (Å²) in [6.07, 6.45) is 5.34. The smallest absolute Gasteiger partial charge is 0.247 e. The monoisotopic (exact) mass is 171 g/mol. The molecule has 0 fully saturated rings. The lowest BCUT2D eigenvalue weighted by molar-refractivity contribution is -0.128. The van der Waals surface area contributed by atoms with Gasteiger partial charge in [0.25, 0.3) is 0 Å². The lowest BCUT2D eigenvalue weighted by Crippen LogP contribution is -2.18. The molecule has 0 heterocycles. The van der Waals surface area contributed by atoms with Crippen LogP contribution in [0.15, 0.2) is 11.6 Å². The first-order valence-corrected chi connectivity index (χ1v) is 4.35. The van der Waals surface area contributed by atoms with Crippen LogP contribution in [-0.2, 0) is 4.79 Å². The van der Waals surface area contributed by atoms with E-state index >= 15 is 0 Å². The summed E-state index contributed by atoms with van der Waals surface area (Å²) in [5.74, 6) is -0.334. The predicted octanol–water partition coefficient (Wildman–Crippen LogP) is 2.02. The molecule has 0 bridgehead atoms. The minimum Gasteiger partial charge on any atom is -0.289 e. The molecule has 0 aliphatic heterocycles. The van der Waals surface area contributed by atoms with Crippen molar-refractivity contribution in [2.24, 2.45) is 0 Å². The van der Waals surface area contributed by atoms with Crippen molar-refractivity contribution in [1.82, 2.24) is 5.48 Å². The second-order valence-electron chi connectivity index (χ2n) is 2.72. The fourth-order valence-corrected chi connectivity index (χ4v) is 0.936. The minimum absolute atomic E-state index is 0.312. The zero-order valence-corrected chi connectivity index (χ0v) is 7.76. The average Bonchev–Trinajstić information content (AvgIpc) is 2.11. The lowest BCUT2D eigenvalue weighted by Gasteiger charge is -2.02. The Kier molecular flexibility index (Phi) is 6.38. The van der Waals surface area contributed by atoms with E-state index in [9.17, 15) is 4.79 Å². The van der Waals surface area contributed by atoms with E-state index < -0.39 is 0 Å². The van der Waals surface area contributed by atoms with Gasteiger partial charge in [0, 0.05) is 6.42 Å². The zero-order chi connectivity index (χ0) is 9.40. The molecular weight excluding hydrogens is 154 g/mol. The van der Waals surface area contributed by atoms with Gasteiger partial charge < -0.3 is 0 Å². The fourth-order valence-electron chi connectivity index (χ4n) is 0.936. The van der Waals surface area contributed by atoms with E-state index in [1.165, 1.54) is 0 Å². The molecule has 0 atom stereocenters. The highest BCUT2D eigenvalue weighted by molar-refractivity contribution is 5.77. The summed E-state index contributed by atoms with van der Waals surface area (Å²) in [5, 5.41) is 8.28. The van der Waals surface area contributed by atoms with Crippen LogP contribution in [0.25, 0.3) is 0 Å². The Bertz CT molecular complexity index is 164. The van der Waals surface area contributed by atoms with Crippen molar-refractivity contribution in [1.29, 1.82) is 0 Å². The van der Waals surface area contributed by atoms with Crippen LogP contribution in [-0.4, -0.2) is 11.1 Å². The van der Waals surface area contributed by atoms with E-state index in [1.54, 1.807) is 5.48 Å². The van der Waals surface area contributed by atoms with Gasteiger partial charge in [-0.15, -0.1) is 0 Å². The molecule has 1 amide bonds. The van der Waals surface area contributed by atoms with Gasteiger partial charge in [-0.25, -0.2) is 5.48 Å². The van der Waals surface area contributed by atoms with Crippen molar-refractivity contribution in [2.45, 2.75) is 39.5 Å². The van der Waals surface area contributed by atoms with Gasteiger partial charge in [0.15, 0.2) is 0 Å². The number of hydroxylamine groups is 1. The summed E-state index contributed by atoms with van der Waals surface area (Å²) < 4.78 is 0. The highest BCUT2D eigenvalue weighted by atomic mass is 16.5. The molecule has 70 valence electrons. The molecule has 0 unspecified atom stereocenters. The molecule has 0 saturated carbocycles. The molecule has 0 aromatic carbocycles. The fraction of sp³-hybridized carbons (Fsp3) is 0.667. The molecule has 0 radical (unpaired) electrons. The Morgan fingerprint density at radius 1 is 1.50 bits per heavy atom. The van der Waals surface area contributed by atoms with E-state index in [2.05, 4.69) is 13.0 Å². The Morgan fingerprint density at radius 2 is 2.17 bits per heavy atom. The van der Waals surface area contributed by atoms with Crippen LogP contribution >= 0.6 is 0 Å². The van der Waals surface area contributed by atoms with Crippen LogP contribution < -0.4 is 5.48 Å². The quantitative estimate of drug-likeness (QED) is 0.377. The van der Waals surface area contributed by atoms with Crippen LogP contribution in [0.1, 0.15) is 39.5 Å². The van der Waals surface area contributed by atoms with Gasteiger partial charge >= 0.3 is 0 Å². The summed E-state index contributed by atoms with van der Waals surface area (Å²) >= 11 is 0. The summed E-state index contributed by atoms with van der Waals surface area (Å²) in [7, 11) is 0. The summed E-state index contributed by atoms with van der Waals surface area (Å²) in [5.41, 5.74) is 2.71. The van der Waals surface area contributed by atoms with Gasteiger partial charge in [0.1, 0.15) is 0 Å². The van der Waals surface area contributed by atoms with Gasteiger partial charge in [-0.1, -0.05) is 31.9 Å². The van der Waals surface area contributed by atoms with E-state index in [-0.39, 0.29) is 5.91 Å². The number of hydrogen-bond acceptors (Lipinski definition) is 2. The maximum atomic E-state index is 10.7. The third-order valence-electron chi connectivity index (χ3n) is 1.69. The second kappa shape index (κ2) is 6.85. The Hall–Kier alpha value is -0.830. The molecule has 0 aromatic heterocycles. The molecule has 0 spiro atoms. The maximum absolute atomic E-state index is 10.7. The molecule has 2 N–H and O–H groups in total. The third kappa shape index (κ3) is 4.91. The van der Waals surface area contributed by atoms with Crippen LogP contribution in [0.4, 0.5) is 0 Å². The Morgan fingerprint density at radius 3 is 2.58 bits per heavy atom. The molecule has 0 saturated heterocycles. The first kappa shape index (κ1) is 11.2. The van der Waals surface area contributed by atoms with Crippen LogP contribution in [0, 0.1) is 0 Å². The number of carbonyl (C=O) groups is 1. The summed E-state index contributed by atoms with van der Waals surface area (Å²) in [6, 6.07) is 0. The number of hydrogen-bond donors (Lipinski definition) is 2. The van der Waals surface area contributed by atoms with Crippen molar-refractivity contribution in [2.75, 3.05) is 0 Å². The zero-order valence-electron chi connectivity index (χ0n) is 7.76. The molecule has 12 heavy (non-hydrogen) atoms. The number of amides is 1. The molecular formula is C9H17NO2. The van der Waals surface area contributed by atoms with Crippen molar-refractivity contribution < 1.29 is 10.0 Å². The van der Waals surface area contributed by atoms with E-state index in [4.69, 9.17) is 5.21 Å². The van der Waals surface area contributed by atoms with E-state index in [1.807, 2.05) is 6.92 Å². The standard InChI is InChI=1S/C9H17NO2/c1-3-5-6-8(4-2)7-9(11)10-12/h6,12H,3-5,7H2,1-2H3,(H,10,11). The molecule has 3 nitrogen and oxygen atoms in total. The van der Waals surface area contributed by atoms with Gasteiger partial charge in [0.05, 0.1) is 0 Å². The SMILES string of the molecule is CCCC=C(CC)CC(=O)NO. The van der Waals surface area contributed by atoms with Gasteiger partial charge in [-0.05, 0) is 12.8 Å². The average molecular weight is 171 g/mol. The summed E-state index contributed by atoms with van der Waals surface area (Å²) in [4.78, 5) is 10.7. The number of unbranched alkanes of at least 4 members (excludes halogenated alkanes) is 1. The largest absolute Gasteiger partial charge is 0.289 e. The Balaban J connectivity index is 3.89. The molecule has 0 rings (SSSR count). The second-order valence-corrected chi connectivity index (χ2v) is 2.72. The van der Waals surface area contributed by atoms with E-state index in [0.29, 0.717) is 6.42 Å². The minimum atomic E-state index is -0.334. The van der Waals surface area contributed by atoms with Crippen molar-refractivity contribution >= 4 is 5.91 Å². The van der Waals surface area contributed by atoms with Gasteiger partial charge in [-0.2, -0.15) is 0 Å². The van der Waals surface area contributed by atoms with Crippen molar-refractivity contribution in [3.63, 3.8) is 0 Å². The normalized spacial score (nSPS) is 11.4. The topological polar surface area (TPSA) is 49.3 Å². The van der Waals surface area contributed by atoms with Crippen LogP contribution in [0.2, 0.25) is 0 Å². The predicted molar refractivity (Wildman–Crippen MR) is 47.8 cm³/mol. The summed E-state index contributed by atoms with van der Waals surface area (Å²) in [6.45, 7) is 4.10. The Labute approximate surface area is 73.4 Å². The molecule has 0 aromatic rings. The first-order chi connectivity index (χ1) is 5.74. The lowest BCUT2D eigenvalue weighted by atomic mass is 10.1. The van der Waals surface area contributed by atoms with Gasteiger partial charge in [0.2, 0.25) is 5.91 Å². The number of carbonyl (C=O) groups excluding carboxylic acids is 1. The highest BCUT2D eigenvalue weighted by Crippen LogP contribution is 2.08.